The molecule has 0 aliphatic carbocycles. The maximum absolute atomic E-state index is 12.1. The van der Waals surface area contributed by atoms with E-state index in [1.54, 1.807) is 13.1 Å². The minimum Gasteiger partial charge on any atom is -0.329 e. The van der Waals surface area contributed by atoms with Crippen LogP contribution in [0.5, 0.6) is 0 Å². The Morgan fingerprint density at radius 1 is 1.73 bits per heavy atom. The Hall–Kier alpha value is -0.450. The van der Waals surface area contributed by atoms with Gasteiger partial charge in [0.2, 0.25) is 0 Å². The highest BCUT2D eigenvalue weighted by molar-refractivity contribution is 9.10. The van der Waals surface area contributed by atoms with E-state index in [9.17, 15) is 8.78 Å². The lowest BCUT2D eigenvalue weighted by molar-refractivity contribution is 0.135. The zero-order valence-corrected chi connectivity index (χ0v) is 7.48. The van der Waals surface area contributed by atoms with Crippen molar-refractivity contribution in [3.05, 3.63) is 16.6 Å². The average molecular weight is 225 g/mol. The van der Waals surface area contributed by atoms with Gasteiger partial charge in [-0.25, -0.2) is 13.8 Å². The van der Waals surface area contributed by atoms with Gasteiger partial charge in [-0.15, -0.1) is 0 Å². The molecule has 0 unspecified atom stereocenters. The SMILES string of the molecule is CCn1cc(Br)nc1C(F)F. The molecule has 0 N–H and O–H groups in total. The molecule has 0 aliphatic heterocycles. The number of rotatable bonds is 2. The van der Waals surface area contributed by atoms with Crippen molar-refractivity contribution in [2.75, 3.05) is 0 Å². The number of aromatic nitrogens is 2. The first-order chi connectivity index (χ1) is 5.15. The number of halogens is 3. The van der Waals surface area contributed by atoms with Gasteiger partial charge in [-0.2, -0.15) is 0 Å². The van der Waals surface area contributed by atoms with Crippen LogP contribution in [-0.2, 0) is 6.54 Å². The molecule has 2 nitrogen and oxygen atoms in total. The summed E-state index contributed by atoms with van der Waals surface area (Å²) in [5.74, 6) is -0.181. The molecule has 0 bridgehead atoms. The second kappa shape index (κ2) is 3.30. The molecule has 0 radical (unpaired) electrons. The van der Waals surface area contributed by atoms with Gasteiger partial charge >= 0.3 is 0 Å². The molecule has 0 saturated carbocycles. The van der Waals surface area contributed by atoms with E-state index >= 15 is 0 Å². The van der Waals surface area contributed by atoms with E-state index < -0.39 is 6.43 Å². The van der Waals surface area contributed by atoms with Crippen LogP contribution in [0.4, 0.5) is 8.78 Å². The minimum atomic E-state index is -2.50. The Labute approximate surface area is 71.4 Å². The maximum Gasteiger partial charge on any atom is 0.295 e. The van der Waals surface area contributed by atoms with E-state index in [2.05, 4.69) is 20.9 Å². The lowest BCUT2D eigenvalue weighted by atomic mass is 10.6. The van der Waals surface area contributed by atoms with Crippen molar-refractivity contribution >= 4 is 15.9 Å². The van der Waals surface area contributed by atoms with E-state index in [0.29, 0.717) is 11.1 Å². The summed E-state index contributed by atoms with van der Waals surface area (Å²) in [5.41, 5.74) is 0. The lowest BCUT2D eigenvalue weighted by Gasteiger charge is -2.00. The summed E-state index contributed by atoms with van der Waals surface area (Å²) in [4.78, 5) is 3.61. The molecule has 0 aliphatic rings. The number of aryl methyl sites for hydroxylation is 1. The van der Waals surface area contributed by atoms with Crippen LogP contribution in [0.2, 0.25) is 0 Å². The molecule has 0 amide bonds. The van der Waals surface area contributed by atoms with Gasteiger partial charge in [0.1, 0.15) is 4.60 Å². The van der Waals surface area contributed by atoms with Crippen LogP contribution in [0, 0.1) is 0 Å². The molecular formula is C6H7BrF2N2. The van der Waals surface area contributed by atoms with Crippen LogP contribution >= 0.6 is 15.9 Å². The third-order valence-electron chi connectivity index (χ3n) is 1.31. The smallest absolute Gasteiger partial charge is 0.295 e. The van der Waals surface area contributed by atoms with Gasteiger partial charge in [0.25, 0.3) is 6.43 Å². The van der Waals surface area contributed by atoms with Crippen LogP contribution in [0.25, 0.3) is 0 Å². The van der Waals surface area contributed by atoms with Crippen molar-refractivity contribution in [3.63, 3.8) is 0 Å². The highest BCUT2D eigenvalue weighted by Crippen LogP contribution is 2.20. The zero-order chi connectivity index (χ0) is 8.43. The van der Waals surface area contributed by atoms with Crippen LogP contribution < -0.4 is 0 Å². The number of hydrogen-bond acceptors (Lipinski definition) is 1. The Bertz CT molecular complexity index is 247. The normalized spacial score (nSPS) is 11.0. The average Bonchev–Trinajstić information content (AvgIpc) is 2.30. The first-order valence-corrected chi connectivity index (χ1v) is 3.95. The quantitative estimate of drug-likeness (QED) is 0.756. The van der Waals surface area contributed by atoms with Gasteiger partial charge in [-0.05, 0) is 22.9 Å². The molecule has 1 aromatic rings. The monoisotopic (exact) mass is 224 g/mol. The molecular weight excluding hydrogens is 218 g/mol. The van der Waals surface area contributed by atoms with Crippen LogP contribution in [0.3, 0.4) is 0 Å². The van der Waals surface area contributed by atoms with Crippen molar-refractivity contribution < 1.29 is 8.78 Å². The van der Waals surface area contributed by atoms with Crippen molar-refractivity contribution in [1.82, 2.24) is 9.55 Å². The summed E-state index contributed by atoms with van der Waals surface area (Å²) in [7, 11) is 0. The molecule has 1 aromatic heterocycles. The molecule has 0 atom stereocenters. The Kier molecular flexibility index (Phi) is 2.59. The van der Waals surface area contributed by atoms with E-state index in [1.807, 2.05) is 0 Å². The van der Waals surface area contributed by atoms with Gasteiger partial charge in [0.15, 0.2) is 5.82 Å². The maximum atomic E-state index is 12.1. The molecule has 0 spiro atoms. The van der Waals surface area contributed by atoms with Crippen molar-refractivity contribution in [2.45, 2.75) is 19.9 Å². The summed E-state index contributed by atoms with van der Waals surface area (Å²) in [6, 6.07) is 0. The molecule has 0 aromatic carbocycles. The summed E-state index contributed by atoms with van der Waals surface area (Å²) >= 11 is 3.03. The lowest BCUT2D eigenvalue weighted by Crippen LogP contribution is -2.00. The molecule has 11 heavy (non-hydrogen) atoms. The summed E-state index contributed by atoms with van der Waals surface area (Å²) in [5, 5.41) is 0. The summed E-state index contributed by atoms with van der Waals surface area (Å²) < 4.78 is 26.1. The molecule has 0 fully saturated rings. The highest BCUT2D eigenvalue weighted by atomic mass is 79.9. The van der Waals surface area contributed by atoms with Gasteiger partial charge in [0.05, 0.1) is 0 Å². The van der Waals surface area contributed by atoms with Gasteiger partial charge in [-0.3, -0.25) is 0 Å². The zero-order valence-electron chi connectivity index (χ0n) is 5.89. The van der Waals surface area contributed by atoms with E-state index in [-0.39, 0.29) is 5.82 Å². The van der Waals surface area contributed by atoms with Gasteiger partial charge in [0, 0.05) is 12.7 Å². The minimum absolute atomic E-state index is 0.181. The van der Waals surface area contributed by atoms with Crippen molar-refractivity contribution in [2.24, 2.45) is 0 Å². The van der Waals surface area contributed by atoms with E-state index in [0.717, 1.165) is 0 Å². The predicted octanol–water partition coefficient (Wildman–Crippen LogP) is 2.60. The predicted molar refractivity (Wildman–Crippen MR) is 40.6 cm³/mol. The van der Waals surface area contributed by atoms with Crippen LogP contribution in [-0.4, -0.2) is 9.55 Å². The van der Waals surface area contributed by atoms with Crippen LogP contribution in [0.1, 0.15) is 19.2 Å². The molecule has 0 saturated heterocycles. The van der Waals surface area contributed by atoms with Crippen molar-refractivity contribution in [1.29, 1.82) is 0 Å². The second-order valence-electron chi connectivity index (χ2n) is 2.01. The first kappa shape index (κ1) is 8.64. The van der Waals surface area contributed by atoms with Crippen LogP contribution in [0.15, 0.2) is 10.8 Å². The summed E-state index contributed by atoms with van der Waals surface area (Å²) in [6.07, 6.45) is -0.956. The number of nitrogens with zero attached hydrogens (tertiary/aromatic N) is 2. The van der Waals surface area contributed by atoms with Crippen molar-refractivity contribution in [3.8, 4) is 0 Å². The third-order valence-corrected chi connectivity index (χ3v) is 1.70. The molecule has 62 valence electrons. The number of imidazole rings is 1. The topological polar surface area (TPSA) is 17.8 Å². The largest absolute Gasteiger partial charge is 0.329 e. The number of hydrogen-bond donors (Lipinski definition) is 0. The summed E-state index contributed by atoms with van der Waals surface area (Å²) in [6.45, 7) is 2.30. The second-order valence-corrected chi connectivity index (χ2v) is 2.82. The molecule has 5 heteroatoms. The highest BCUT2D eigenvalue weighted by Gasteiger charge is 2.14. The standard InChI is InChI=1S/C6H7BrF2N2/c1-2-11-3-4(7)10-6(11)5(8)9/h3,5H,2H2,1H3. The third kappa shape index (κ3) is 1.77. The fourth-order valence-corrected chi connectivity index (χ4v) is 1.25. The fourth-order valence-electron chi connectivity index (χ4n) is 0.825. The van der Waals surface area contributed by atoms with E-state index in [4.69, 9.17) is 0 Å². The number of alkyl halides is 2. The van der Waals surface area contributed by atoms with Gasteiger partial charge in [-0.1, -0.05) is 0 Å². The van der Waals surface area contributed by atoms with E-state index in [1.165, 1.54) is 4.57 Å². The van der Waals surface area contributed by atoms with Gasteiger partial charge < -0.3 is 4.57 Å². The Morgan fingerprint density at radius 2 is 2.36 bits per heavy atom. The first-order valence-electron chi connectivity index (χ1n) is 3.16. The fraction of sp³-hybridized carbons (Fsp3) is 0.500. The Morgan fingerprint density at radius 3 is 2.73 bits per heavy atom. The Balaban J connectivity index is 3.02. The molecule has 1 rings (SSSR count). The molecule has 1 heterocycles.